The molecule has 1 aliphatic carbocycles. The van der Waals surface area contributed by atoms with Crippen LogP contribution >= 0.6 is 0 Å². The van der Waals surface area contributed by atoms with Gasteiger partial charge in [0, 0.05) is 5.41 Å². The van der Waals surface area contributed by atoms with Gasteiger partial charge in [-0.1, -0.05) is 37.6 Å². The van der Waals surface area contributed by atoms with Gasteiger partial charge in [0.15, 0.2) is 0 Å². The number of carbonyl (C=O) groups is 1. The molecule has 2 N–H and O–H groups in total. The van der Waals surface area contributed by atoms with Crippen LogP contribution in [-0.4, -0.2) is 12.3 Å². The maximum atomic E-state index is 10.3. The zero-order chi connectivity index (χ0) is 9.19. The van der Waals surface area contributed by atoms with E-state index < -0.39 is 0 Å². The molecule has 1 atom stereocenters. The number of carbonyl (C=O) groups excluding carboxylic acids is 1. The second kappa shape index (κ2) is 3.23. The second-order valence-electron chi connectivity index (χ2n) is 3.78. The average Bonchev–Trinajstić information content (AvgIpc) is 2.31. The van der Waals surface area contributed by atoms with E-state index in [1.54, 1.807) is 0 Å². The van der Waals surface area contributed by atoms with Crippen LogP contribution in [0.25, 0.3) is 0 Å². The van der Waals surface area contributed by atoms with E-state index in [2.05, 4.69) is 19.9 Å². The first kappa shape index (κ1) is 9.20. The summed E-state index contributed by atoms with van der Waals surface area (Å²) in [7, 11) is 0. The SMILES string of the molecule is CC1(C)C=CC=C1CC(N)C=O. The predicted octanol–water partition coefficient (Wildman–Crippen LogP) is 1.43. The second-order valence-corrected chi connectivity index (χ2v) is 3.78. The molecule has 0 aromatic rings. The van der Waals surface area contributed by atoms with Crippen LogP contribution in [0.2, 0.25) is 0 Å². The lowest BCUT2D eigenvalue weighted by molar-refractivity contribution is -0.108. The van der Waals surface area contributed by atoms with Crippen LogP contribution in [0.4, 0.5) is 0 Å². The summed E-state index contributed by atoms with van der Waals surface area (Å²) in [5, 5.41) is 0. The van der Waals surface area contributed by atoms with Crippen LogP contribution in [-0.2, 0) is 4.79 Å². The fourth-order valence-electron chi connectivity index (χ4n) is 1.36. The Hall–Kier alpha value is -0.890. The van der Waals surface area contributed by atoms with Gasteiger partial charge in [-0.25, -0.2) is 0 Å². The van der Waals surface area contributed by atoms with E-state index in [4.69, 9.17) is 5.73 Å². The molecule has 0 aliphatic heterocycles. The highest BCUT2D eigenvalue weighted by molar-refractivity contribution is 5.58. The molecule has 0 spiro atoms. The van der Waals surface area contributed by atoms with Gasteiger partial charge in [-0.15, -0.1) is 0 Å². The fraction of sp³-hybridized carbons (Fsp3) is 0.500. The van der Waals surface area contributed by atoms with Gasteiger partial charge in [-0.05, 0) is 6.42 Å². The molecule has 1 rings (SSSR count). The number of aldehydes is 1. The van der Waals surface area contributed by atoms with Crippen molar-refractivity contribution < 1.29 is 4.79 Å². The Morgan fingerprint density at radius 1 is 1.67 bits per heavy atom. The number of nitrogens with two attached hydrogens (primary N) is 1. The summed E-state index contributed by atoms with van der Waals surface area (Å²) in [5.41, 5.74) is 6.86. The Morgan fingerprint density at radius 3 is 2.75 bits per heavy atom. The number of hydrogen-bond acceptors (Lipinski definition) is 2. The summed E-state index contributed by atoms with van der Waals surface area (Å²) < 4.78 is 0. The van der Waals surface area contributed by atoms with Crippen molar-refractivity contribution in [3.8, 4) is 0 Å². The summed E-state index contributed by atoms with van der Waals surface area (Å²) in [6.45, 7) is 4.25. The van der Waals surface area contributed by atoms with Crippen LogP contribution in [0, 0.1) is 5.41 Å². The highest BCUT2D eigenvalue weighted by atomic mass is 16.1. The third-order valence-electron chi connectivity index (χ3n) is 2.27. The smallest absolute Gasteiger partial charge is 0.137 e. The molecule has 0 aromatic carbocycles. The normalized spacial score (nSPS) is 22.1. The molecule has 0 saturated carbocycles. The van der Waals surface area contributed by atoms with E-state index in [0.29, 0.717) is 6.42 Å². The molecule has 1 aliphatic rings. The Balaban J connectivity index is 2.61. The summed E-state index contributed by atoms with van der Waals surface area (Å²) in [5.74, 6) is 0. The minimum absolute atomic E-state index is 0.0840. The highest BCUT2D eigenvalue weighted by Crippen LogP contribution is 2.34. The van der Waals surface area contributed by atoms with Gasteiger partial charge in [0.1, 0.15) is 6.29 Å². The Kier molecular flexibility index (Phi) is 2.48. The van der Waals surface area contributed by atoms with Gasteiger partial charge in [-0.3, -0.25) is 0 Å². The van der Waals surface area contributed by atoms with Crippen molar-refractivity contribution in [2.45, 2.75) is 26.3 Å². The van der Waals surface area contributed by atoms with E-state index in [9.17, 15) is 4.79 Å². The maximum absolute atomic E-state index is 10.3. The van der Waals surface area contributed by atoms with Crippen LogP contribution < -0.4 is 5.73 Å². The van der Waals surface area contributed by atoms with Crippen LogP contribution in [0.5, 0.6) is 0 Å². The average molecular weight is 165 g/mol. The molecule has 0 fully saturated rings. The predicted molar refractivity (Wildman–Crippen MR) is 49.7 cm³/mol. The van der Waals surface area contributed by atoms with Crippen molar-refractivity contribution in [1.29, 1.82) is 0 Å². The van der Waals surface area contributed by atoms with E-state index in [1.807, 2.05) is 12.2 Å². The third kappa shape index (κ3) is 1.83. The minimum Gasteiger partial charge on any atom is -0.321 e. The Bertz CT molecular complexity index is 238. The van der Waals surface area contributed by atoms with E-state index in [0.717, 1.165) is 6.29 Å². The molecule has 0 saturated heterocycles. The molecular weight excluding hydrogens is 150 g/mol. The first-order valence-electron chi connectivity index (χ1n) is 4.16. The fourth-order valence-corrected chi connectivity index (χ4v) is 1.36. The Morgan fingerprint density at radius 2 is 2.33 bits per heavy atom. The zero-order valence-electron chi connectivity index (χ0n) is 7.58. The lowest BCUT2D eigenvalue weighted by Gasteiger charge is -2.21. The maximum Gasteiger partial charge on any atom is 0.137 e. The van der Waals surface area contributed by atoms with Gasteiger partial charge in [-0.2, -0.15) is 0 Å². The molecule has 0 amide bonds. The van der Waals surface area contributed by atoms with Crippen LogP contribution in [0.15, 0.2) is 23.8 Å². The summed E-state index contributed by atoms with van der Waals surface area (Å²) >= 11 is 0. The number of allylic oxidation sites excluding steroid dienone is 3. The monoisotopic (exact) mass is 165 g/mol. The molecule has 0 bridgehead atoms. The van der Waals surface area contributed by atoms with Crippen LogP contribution in [0.3, 0.4) is 0 Å². The molecule has 0 radical (unpaired) electrons. The van der Waals surface area contributed by atoms with E-state index in [1.165, 1.54) is 5.57 Å². The summed E-state index contributed by atoms with van der Waals surface area (Å²) in [6.07, 6.45) is 7.66. The first-order valence-corrected chi connectivity index (χ1v) is 4.16. The quantitative estimate of drug-likeness (QED) is 0.643. The summed E-state index contributed by atoms with van der Waals surface area (Å²) in [6, 6.07) is -0.351. The zero-order valence-corrected chi connectivity index (χ0v) is 7.58. The highest BCUT2D eigenvalue weighted by Gasteiger charge is 2.23. The van der Waals surface area contributed by atoms with E-state index in [-0.39, 0.29) is 11.5 Å². The lowest BCUT2D eigenvalue weighted by Crippen LogP contribution is -2.24. The largest absolute Gasteiger partial charge is 0.321 e. The molecule has 2 heteroatoms. The van der Waals surface area contributed by atoms with Gasteiger partial charge in [0.25, 0.3) is 0 Å². The van der Waals surface area contributed by atoms with Crippen molar-refractivity contribution >= 4 is 6.29 Å². The first-order chi connectivity index (χ1) is 5.56. The topological polar surface area (TPSA) is 43.1 Å². The molecular formula is C10H15NO. The van der Waals surface area contributed by atoms with Gasteiger partial charge < -0.3 is 10.5 Å². The minimum atomic E-state index is -0.351. The third-order valence-corrected chi connectivity index (χ3v) is 2.27. The van der Waals surface area contributed by atoms with Crippen LogP contribution in [0.1, 0.15) is 20.3 Å². The van der Waals surface area contributed by atoms with Gasteiger partial charge in [0.2, 0.25) is 0 Å². The molecule has 66 valence electrons. The van der Waals surface area contributed by atoms with Gasteiger partial charge >= 0.3 is 0 Å². The molecule has 0 heterocycles. The van der Waals surface area contributed by atoms with Crippen molar-refractivity contribution in [2.75, 3.05) is 0 Å². The van der Waals surface area contributed by atoms with E-state index >= 15 is 0 Å². The molecule has 1 unspecified atom stereocenters. The molecule has 2 nitrogen and oxygen atoms in total. The van der Waals surface area contributed by atoms with Crippen molar-refractivity contribution in [2.24, 2.45) is 11.1 Å². The Labute approximate surface area is 73.1 Å². The van der Waals surface area contributed by atoms with Gasteiger partial charge in [0.05, 0.1) is 6.04 Å². The molecule has 0 aromatic heterocycles. The standard InChI is InChI=1S/C10H15NO/c1-10(2)5-3-4-8(10)6-9(11)7-12/h3-5,7,9H,6,11H2,1-2H3. The van der Waals surface area contributed by atoms with Crippen molar-refractivity contribution in [3.05, 3.63) is 23.8 Å². The number of hydrogen-bond donors (Lipinski definition) is 1. The van der Waals surface area contributed by atoms with Crippen molar-refractivity contribution in [3.63, 3.8) is 0 Å². The lowest BCUT2D eigenvalue weighted by atomic mass is 9.84. The van der Waals surface area contributed by atoms with Crippen molar-refractivity contribution in [1.82, 2.24) is 0 Å². The summed E-state index contributed by atoms with van der Waals surface area (Å²) in [4.78, 5) is 10.3. The number of rotatable bonds is 3. The molecule has 12 heavy (non-hydrogen) atoms.